The third-order valence-electron chi connectivity index (χ3n) is 1.76. The number of rotatable bonds is 2. The van der Waals surface area contributed by atoms with Crippen LogP contribution < -0.4 is 0 Å². The topological polar surface area (TPSA) is 82.8 Å². The van der Waals surface area contributed by atoms with E-state index in [-0.39, 0.29) is 0 Å². The van der Waals surface area contributed by atoms with Crippen molar-refractivity contribution < 1.29 is 8.83 Å². The molecule has 3 aromatic rings. The van der Waals surface area contributed by atoms with Crippen LogP contribution in [0.3, 0.4) is 0 Å². The molecule has 3 heterocycles. The van der Waals surface area contributed by atoms with Crippen LogP contribution in [0, 0.1) is 6.39 Å². The molecular weight excluding hydrogens is 198 g/mol. The molecule has 0 fully saturated rings. The summed E-state index contributed by atoms with van der Waals surface area (Å²) in [5.74, 6) is 1.13. The Kier molecular flexibility index (Phi) is 1.61. The normalized spacial score (nSPS) is 10.7. The molecule has 0 unspecified atom stereocenters. The van der Waals surface area contributed by atoms with E-state index >= 15 is 0 Å². The quantitative estimate of drug-likeness (QED) is 0.608. The summed E-state index contributed by atoms with van der Waals surface area (Å²) in [5, 5.41) is 3.92. The fourth-order valence-corrected chi connectivity index (χ4v) is 1.16. The van der Waals surface area contributed by atoms with Crippen molar-refractivity contribution in [1.29, 1.82) is 0 Å². The Morgan fingerprint density at radius 2 is 2.40 bits per heavy atom. The summed E-state index contributed by atoms with van der Waals surface area (Å²) >= 11 is 0. The molecule has 0 amide bonds. The van der Waals surface area contributed by atoms with Gasteiger partial charge in [0.2, 0.25) is 11.6 Å². The largest absolute Gasteiger partial charge is 0.442 e. The molecule has 7 nitrogen and oxygen atoms in total. The number of hydrogen-bond acceptors (Lipinski definition) is 6. The van der Waals surface area contributed by atoms with Crippen LogP contribution in [0.2, 0.25) is 0 Å². The van der Waals surface area contributed by atoms with Gasteiger partial charge in [0.05, 0.1) is 6.20 Å². The lowest BCUT2D eigenvalue weighted by atomic mass is 10.4. The maximum atomic E-state index is 5.09. The van der Waals surface area contributed by atoms with Gasteiger partial charge in [0, 0.05) is 0 Å². The molecule has 73 valence electrons. The van der Waals surface area contributed by atoms with Gasteiger partial charge in [0.1, 0.15) is 18.9 Å². The van der Waals surface area contributed by atoms with Gasteiger partial charge < -0.3 is 8.83 Å². The highest BCUT2D eigenvalue weighted by Gasteiger charge is 2.17. The molecule has 3 rings (SSSR count). The predicted octanol–water partition coefficient (Wildman–Crippen LogP) is 0.710. The number of nitrogens with zero attached hydrogens (tertiary/aromatic N) is 5. The number of oxazole rings is 2. The molecule has 15 heavy (non-hydrogen) atoms. The summed E-state index contributed by atoms with van der Waals surface area (Å²) in [4.78, 5) is 11.6. The van der Waals surface area contributed by atoms with Crippen LogP contribution >= 0.6 is 0 Å². The maximum Gasteiger partial charge on any atom is 0.286 e. The minimum atomic E-state index is 0.328. The van der Waals surface area contributed by atoms with Gasteiger partial charge in [-0.3, -0.25) is 0 Å². The molecule has 0 aliphatic heterocycles. The second-order valence-corrected chi connectivity index (χ2v) is 2.64. The van der Waals surface area contributed by atoms with Crippen molar-refractivity contribution >= 4 is 0 Å². The van der Waals surface area contributed by atoms with Crippen molar-refractivity contribution in [2.24, 2.45) is 0 Å². The van der Waals surface area contributed by atoms with Gasteiger partial charge in [-0.1, -0.05) is 0 Å². The zero-order valence-corrected chi connectivity index (χ0v) is 7.36. The van der Waals surface area contributed by atoms with Gasteiger partial charge in [-0.05, 0) is 0 Å². The summed E-state index contributed by atoms with van der Waals surface area (Å²) in [6.45, 7) is 0. The molecule has 7 heteroatoms. The third kappa shape index (κ3) is 1.21. The average molecular weight is 202 g/mol. The van der Waals surface area contributed by atoms with E-state index in [0.717, 1.165) is 0 Å². The molecule has 0 aliphatic rings. The Hall–Kier alpha value is -2.44. The number of hydrogen-bond donors (Lipinski definition) is 0. The average Bonchev–Trinajstić information content (AvgIpc) is 3.01. The zero-order valence-electron chi connectivity index (χ0n) is 7.36. The van der Waals surface area contributed by atoms with Gasteiger partial charge in [-0.2, -0.15) is 14.8 Å². The lowest BCUT2D eigenvalue weighted by molar-refractivity contribution is 0.508. The van der Waals surface area contributed by atoms with E-state index in [1.807, 2.05) is 0 Å². The molecule has 0 saturated heterocycles. The fourth-order valence-electron chi connectivity index (χ4n) is 1.16. The lowest BCUT2D eigenvalue weighted by Crippen LogP contribution is -1.96. The highest BCUT2D eigenvalue weighted by atomic mass is 16.4. The molecule has 0 spiro atoms. The lowest BCUT2D eigenvalue weighted by Gasteiger charge is -1.94. The Balaban J connectivity index is 2.15. The summed E-state index contributed by atoms with van der Waals surface area (Å²) in [7, 11) is 0. The van der Waals surface area contributed by atoms with E-state index < -0.39 is 0 Å². The van der Waals surface area contributed by atoms with E-state index in [1.54, 1.807) is 0 Å². The Labute approximate surface area is 83.4 Å². The van der Waals surface area contributed by atoms with Gasteiger partial charge >= 0.3 is 0 Å². The van der Waals surface area contributed by atoms with Crippen molar-refractivity contribution in [3.63, 3.8) is 0 Å². The van der Waals surface area contributed by atoms with Gasteiger partial charge in [-0.15, -0.1) is 0 Å². The van der Waals surface area contributed by atoms with Crippen molar-refractivity contribution in [2.45, 2.75) is 0 Å². The van der Waals surface area contributed by atoms with Crippen molar-refractivity contribution in [3.8, 4) is 17.5 Å². The van der Waals surface area contributed by atoms with Crippen molar-refractivity contribution in [2.75, 3.05) is 0 Å². The van der Waals surface area contributed by atoms with Crippen LogP contribution in [0.25, 0.3) is 17.5 Å². The highest BCUT2D eigenvalue weighted by molar-refractivity contribution is 5.54. The Morgan fingerprint density at radius 3 is 3.13 bits per heavy atom. The first-order valence-corrected chi connectivity index (χ1v) is 4.07. The molecule has 3 aromatic heterocycles. The van der Waals surface area contributed by atoms with E-state index in [4.69, 9.17) is 8.83 Å². The minimum absolute atomic E-state index is 0.328. The van der Waals surface area contributed by atoms with Crippen LogP contribution in [0.5, 0.6) is 0 Å². The zero-order chi connectivity index (χ0) is 10.1. The molecule has 0 atom stereocenters. The van der Waals surface area contributed by atoms with Crippen molar-refractivity contribution in [3.05, 3.63) is 31.5 Å². The van der Waals surface area contributed by atoms with E-state index in [1.165, 1.54) is 29.8 Å². The molecule has 1 radical (unpaired) electrons. The second kappa shape index (κ2) is 3.05. The fraction of sp³-hybridized carbons (Fsp3) is 0. The molecule has 0 N–H and O–H groups in total. The van der Waals surface area contributed by atoms with Crippen LogP contribution in [-0.4, -0.2) is 24.7 Å². The first kappa shape index (κ1) is 7.92. The molecule has 0 aliphatic carbocycles. The van der Waals surface area contributed by atoms with Crippen LogP contribution in [0.15, 0.2) is 33.9 Å². The Morgan fingerprint density at radius 1 is 1.40 bits per heavy atom. The first-order chi connectivity index (χ1) is 7.45. The predicted molar refractivity (Wildman–Crippen MR) is 45.8 cm³/mol. The van der Waals surface area contributed by atoms with E-state index in [9.17, 15) is 0 Å². The summed E-state index contributed by atoms with van der Waals surface area (Å²) < 4.78 is 11.6. The van der Waals surface area contributed by atoms with Crippen LogP contribution in [0.1, 0.15) is 0 Å². The van der Waals surface area contributed by atoms with Crippen LogP contribution in [0.4, 0.5) is 0 Å². The van der Waals surface area contributed by atoms with Gasteiger partial charge in [0.15, 0.2) is 0 Å². The highest BCUT2D eigenvalue weighted by Crippen LogP contribution is 2.22. The molecule has 0 saturated carbocycles. The SMILES string of the molecule is [c]1nc(-n2cncn2)c(-c2ncco2)o1. The monoisotopic (exact) mass is 202 g/mol. The maximum absolute atomic E-state index is 5.09. The first-order valence-electron chi connectivity index (χ1n) is 4.07. The van der Waals surface area contributed by atoms with E-state index in [0.29, 0.717) is 17.5 Å². The molecular formula is C8H4N5O2. The molecule has 0 aromatic carbocycles. The summed E-state index contributed by atoms with van der Waals surface area (Å²) in [6, 6.07) is 0. The third-order valence-corrected chi connectivity index (χ3v) is 1.76. The van der Waals surface area contributed by atoms with E-state index in [2.05, 4.69) is 26.4 Å². The minimum Gasteiger partial charge on any atom is -0.442 e. The smallest absolute Gasteiger partial charge is 0.286 e. The second-order valence-electron chi connectivity index (χ2n) is 2.64. The molecule has 0 bridgehead atoms. The summed E-state index contributed by atoms with van der Waals surface area (Å²) in [5.41, 5.74) is 0. The standard InChI is InChI=1S/C8H4N5O2/c1-2-14-8(10-1)6-7(11-5-15-6)13-4-9-3-12-13/h1-4H. The Bertz CT molecular complexity index is 491. The van der Waals surface area contributed by atoms with Crippen molar-refractivity contribution in [1.82, 2.24) is 24.7 Å². The summed E-state index contributed by atoms with van der Waals surface area (Å²) in [6.07, 6.45) is 8.22. The van der Waals surface area contributed by atoms with Gasteiger partial charge in [0.25, 0.3) is 12.3 Å². The van der Waals surface area contributed by atoms with Crippen LogP contribution in [-0.2, 0) is 0 Å². The van der Waals surface area contributed by atoms with Gasteiger partial charge in [-0.25, -0.2) is 9.97 Å². The number of aromatic nitrogens is 5.